The molecule has 0 saturated heterocycles. The van der Waals surface area contributed by atoms with E-state index in [2.05, 4.69) is 17.3 Å². The number of nitrogens with zero attached hydrogens (tertiary/aromatic N) is 2. The summed E-state index contributed by atoms with van der Waals surface area (Å²) >= 11 is 5.90. The van der Waals surface area contributed by atoms with Crippen LogP contribution in [-0.2, 0) is 0 Å². The molecule has 1 aromatic rings. The zero-order valence-electron chi connectivity index (χ0n) is 11.0. The van der Waals surface area contributed by atoms with Gasteiger partial charge in [-0.3, -0.25) is 4.79 Å². The first-order valence-corrected chi connectivity index (χ1v) is 6.98. The van der Waals surface area contributed by atoms with E-state index in [1.165, 1.54) is 0 Å². The Morgan fingerprint density at radius 3 is 2.89 bits per heavy atom. The van der Waals surface area contributed by atoms with E-state index in [1.807, 2.05) is 4.90 Å². The number of nitrogen functional groups attached to an aromatic ring is 1. The van der Waals surface area contributed by atoms with Gasteiger partial charge < -0.3 is 10.3 Å². The Balaban J connectivity index is 2.18. The van der Waals surface area contributed by atoms with E-state index >= 15 is 0 Å². The molecule has 5 nitrogen and oxygen atoms in total. The zero-order chi connectivity index (χ0) is 13.8. The molecule has 6 heteroatoms. The van der Waals surface area contributed by atoms with E-state index < -0.39 is 0 Å². The van der Waals surface area contributed by atoms with E-state index in [0.29, 0.717) is 17.4 Å². The van der Waals surface area contributed by atoms with Crippen LogP contribution < -0.4 is 11.3 Å². The Morgan fingerprint density at radius 1 is 1.58 bits per heavy atom. The molecule has 104 valence electrons. The number of pyridine rings is 1. The molecule has 2 rings (SSSR count). The SMILES string of the molecule is CCCCN(C(=O)c1cc(Cl)nc(NN)c1)C1CC1. The van der Waals surface area contributed by atoms with Crippen LogP contribution in [0.2, 0.25) is 5.15 Å². The number of hydrazine groups is 1. The van der Waals surface area contributed by atoms with Gasteiger partial charge in [-0.1, -0.05) is 24.9 Å². The summed E-state index contributed by atoms with van der Waals surface area (Å²) in [5, 5.41) is 0.269. The number of hydrogen-bond donors (Lipinski definition) is 2. The highest BCUT2D eigenvalue weighted by Crippen LogP contribution is 2.29. The number of hydrogen-bond acceptors (Lipinski definition) is 4. The van der Waals surface area contributed by atoms with Crippen LogP contribution in [0.25, 0.3) is 0 Å². The van der Waals surface area contributed by atoms with E-state index in [0.717, 1.165) is 32.2 Å². The smallest absolute Gasteiger partial charge is 0.254 e. The minimum atomic E-state index is 0.0109. The van der Waals surface area contributed by atoms with Gasteiger partial charge in [-0.15, -0.1) is 0 Å². The van der Waals surface area contributed by atoms with Crippen molar-refractivity contribution in [1.82, 2.24) is 9.88 Å². The molecule has 1 saturated carbocycles. The molecule has 1 amide bonds. The number of carbonyl (C=O) groups excluding carboxylic acids is 1. The lowest BCUT2D eigenvalue weighted by molar-refractivity contribution is 0.0740. The quantitative estimate of drug-likeness (QED) is 0.477. The minimum Gasteiger partial charge on any atom is -0.336 e. The topological polar surface area (TPSA) is 71.2 Å². The standard InChI is InChI=1S/C13H19ClN4O/c1-2-3-6-18(10-4-5-10)13(19)9-7-11(14)16-12(8-9)17-15/h7-8,10H,2-6,15H2,1H3,(H,16,17). The fourth-order valence-electron chi connectivity index (χ4n) is 2.02. The molecule has 3 N–H and O–H groups in total. The van der Waals surface area contributed by atoms with Gasteiger partial charge in [-0.05, 0) is 31.4 Å². The highest BCUT2D eigenvalue weighted by atomic mass is 35.5. The lowest BCUT2D eigenvalue weighted by Gasteiger charge is -2.22. The second-order valence-electron chi connectivity index (χ2n) is 4.79. The lowest BCUT2D eigenvalue weighted by atomic mass is 10.2. The average molecular weight is 283 g/mol. The summed E-state index contributed by atoms with van der Waals surface area (Å²) in [5.41, 5.74) is 2.96. The number of carbonyl (C=O) groups is 1. The van der Waals surface area contributed by atoms with Crippen LogP contribution >= 0.6 is 11.6 Å². The van der Waals surface area contributed by atoms with Gasteiger partial charge in [0.05, 0.1) is 0 Å². The fourth-order valence-corrected chi connectivity index (χ4v) is 2.23. The van der Waals surface area contributed by atoms with Gasteiger partial charge >= 0.3 is 0 Å². The fraction of sp³-hybridized carbons (Fsp3) is 0.538. The number of halogens is 1. The van der Waals surface area contributed by atoms with Crippen molar-refractivity contribution < 1.29 is 4.79 Å². The lowest BCUT2D eigenvalue weighted by Crippen LogP contribution is -2.34. The number of anilines is 1. The summed E-state index contributed by atoms with van der Waals surface area (Å²) < 4.78 is 0. The van der Waals surface area contributed by atoms with Gasteiger partial charge in [0.15, 0.2) is 0 Å². The molecule has 0 spiro atoms. The van der Waals surface area contributed by atoms with Gasteiger partial charge in [0.1, 0.15) is 11.0 Å². The van der Waals surface area contributed by atoms with Crippen molar-refractivity contribution in [3.8, 4) is 0 Å². The maximum absolute atomic E-state index is 12.5. The molecule has 1 aliphatic carbocycles. The van der Waals surface area contributed by atoms with Crippen LogP contribution in [0.15, 0.2) is 12.1 Å². The van der Waals surface area contributed by atoms with Crippen molar-refractivity contribution in [3.63, 3.8) is 0 Å². The van der Waals surface area contributed by atoms with Crippen LogP contribution in [0.5, 0.6) is 0 Å². The van der Waals surface area contributed by atoms with E-state index in [9.17, 15) is 4.79 Å². The first kappa shape index (κ1) is 14.1. The number of amides is 1. The molecule has 0 bridgehead atoms. The van der Waals surface area contributed by atoms with Gasteiger partial charge in [0.25, 0.3) is 5.91 Å². The monoisotopic (exact) mass is 282 g/mol. The van der Waals surface area contributed by atoms with Gasteiger partial charge in [0.2, 0.25) is 0 Å². The molecule has 0 aromatic carbocycles. The summed E-state index contributed by atoms with van der Waals surface area (Å²) in [6, 6.07) is 3.61. The van der Waals surface area contributed by atoms with E-state index in [-0.39, 0.29) is 11.1 Å². The molecular formula is C13H19ClN4O. The van der Waals surface area contributed by atoms with E-state index in [4.69, 9.17) is 17.4 Å². The largest absolute Gasteiger partial charge is 0.336 e. The van der Waals surface area contributed by atoms with Crippen LogP contribution in [0.4, 0.5) is 5.82 Å². The highest BCUT2D eigenvalue weighted by Gasteiger charge is 2.32. The number of rotatable bonds is 6. The zero-order valence-corrected chi connectivity index (χ0v) is 11.8. The third-order valence-corrected chi connectivity index (χ3v) is 3.38. The predicted molar refractivity (Wildman–Crippen MR) is 76.0 cm³/mol. The van der Waals surface area contributed by atoms with Crippen molar-refractivity contribution in [1.29, 1.82) is 0 Å². The van der Waals surface area contributed by atoms with Crippen LogP contribution in [0.1, 0.15) is 43.0 Å². The Morgan fingerprint density at radius 2 is 2.32 bits per heavy atom. The summed E-state index contributed by atoms with van der Waals surface area (Å²) in [7, 11) is 0. The highest BCUT2D eigenvalue weighted by molar-refractivity contribution is 6.29. The maximum Gasteiger partial charge on any atom is 0.254 e. The van der Waals surface area contributed by atoms with Gasteiger partial charge in [-0.2, -0.15) is 0 Å². The molecule has 1 aliphatic rings. The molecule has 19 heavy (non-hydrogen) atoms. The van der Waals surface area contributed by atoms with E-state index in [1.54, 1.807) is 12.1 Å². The molecule has 0 aliphatic heterocycles. The predicted octanol–water partition coefficient (Wildman–Crippen LogP) is 2.43. The van der Waals surface area contributed by atoms with Gasteiger partial charge in [0, 0.05) is 18.2 Å². The molecule has 1 fully saturated rings. The van der Waals surface area contributed by atoms with Crippen LogP contribution in [-0.4, -0.2) is 28.4 Å². The molecule has 1 aromatic heterocycles. The molecule has 0 atom stereocenters. The Kier molecular flexibility index (Phi) is 4.61. The molecule has 0 unspecified atom stereocenters. The Hall–Kier alpha value is -1.33. The molecule has 1 heterocycles. The first-order chi connectivity index (χ1) is 9.15. The number of nitrogens with two attached hydrogens (primary N) is 1. The van der Waals surface area contributed by atoms with Crippen molar-refractivity contribution >= 4 is 23.3 Å². The second-order valence-corrected chi connectivity index (χ2v) is 5.18. The Labute approximate surface area is 118 Å². The summed E-state index contributed by atoms with van der Waals surface area (Å²) in [6.07, 6.45) is 4.28. The number of unbranched alkanes of at least 4 members (excludes halogenated alkanes) is 1. The average Bonchev–Trinajstić information content (AvgIpc) is 3.22. The summed E-state index contributed by atoms with van der Waals surface area (Å²) in [5.74, 6) is 5.74. The van der Waals surface area contributed by atoms with Crippen molar-refractivity contribution in [2.24, 2.45) is 5.84 Å². The van der Waals surface area contributed by atoms with Crippen LogP contribution in [0.3, 0.4) is 0 Å². The Bertz CT molecular complexity index is 462. The third kappa shape index (κ3) is 3.58. The third-order valence-electron chi connectivity index (χ3n) is 3.19. The second kappa shape index (κ2) is 6.21. The van der Waals surface area contributed by atoms with Gasteiger partial charge in [-0.25, -0.2) is 10.8 Å². The first-order valence-electron chi connectivity index (χ1n) is 6.61. The number of aromatic nitrogens is 1. The van der Waals surface area contributed by atoms with Crippen LogP contribution in [0, 0.1) is 0 Å². The van der Waals surface area contributed by atoms with Crippen molar-refractivity contribution in [2.45, 2.75) is 38.6 Å². The summed E-state index contributed by atoms with van der Waals surface area (Å²) in [6.45, 7) is 2.92. The maximum atomic E-state index is 12.5. The van der Waals surface area contributed by atoms with Crippen molar-refractivity contribution in [3.05, 3.63) is 22.8 Å². The molecule has 0 radical (unpaired) electrons. The van der Waals surface area contributed by atoms with Crippen molar-refractivity contribution in [2.75, 3.05) is 12.0 Å². The summed E-state index contributed by atoms with van der Waals surface area (Å²) in [4.78, 5) is 18.4. The minimum absolute atomic E-state index is 0.0109. The number of nitrogens with one attached hydrogen (secondary N) is 1. The normalized spacial score (nSPS) is 14.3. The molecular weight excluding hydrogens is 264 g/mol.